The van der Waals surface area contributed by atoms with Gasteiger partial charge in [-0.2, -0.15) is 20.5 Å². The van der Waals surface area contributed by atoms with Crippen molar-refractivity contribution < 1.29 is 27.5 Å². The molecule has 0 aliphatic carbocycles. The Kier molecular flexibility index (Phi) is 11.1. The summed E-state index contributed by atoms with van der Waals surface area (Å²) in [6.07, 6.45) is -0.125. The lowest BCUT2D eigenvalue weighted by Crippen LogP contribution is -2.24. The van der Waals surface area contributed by atoms with Crippen molar-refractivity contribution >= 4 is 19.4 Å². The third kappa shape index (κ3) is 8.82. The van der Waals surface area contributed by atoms with Crippen molar-refractivity contribution in [2.45, 2.75) is 71.2 Å². The monoisotopic (exact) mass is 362 g/mol. The molecule has 0 aromatic heterocycles. The molecule has 4 nitrogen and oxygen atoms in total. The lowest BCUT2D eigenvalue weighted by Gasteiger charge is -2.29. The summed E-state index contributed by atoms with van der Waals surface area (Å²) >= 11 is 1.62. The summed E-state index contributed by atoms with van der Waals surface area (Å²) in [6, 6.07) is 0. The van der Waals surface area contributed by atoms with E-state index in [4.69, 9.17) is 14.2 Å². The molecule has 0 fully saturated rings. The number of thioether (sulfide) groups is 1. The van der Waals surface area contributed by atoms with Gasteiger partial charge in [-0.25, -0.2) is 0 Å². The molecule has 0 amide bonds. The molecule has 0 aliphatic rings. The van der Waals surface area contributed by atoms with Gasteiger partial charge in [-0.3, -0.25) is 4.57 Å². The highest BCUT2D eigenvalue weighted by Gasteiger charge is 2.53. The maximum atomic E-state index is 14.3. The molecule has 0 rings (SSSR count). The molecular formula is C14H29F2O4PS. The van der Waals surface area contributed by atoms with E-state index in [1.807, 2.05) is 0 Å². The molecule has 8 heteroatoms. The van der Waals surface area contributed by atoms with Crippen LogP contribution >= 0.6 is 19.4 Å². The third-order valence-corrected chi connectivity index (χ3v) is 6.14. The van der Waals surface area contributed by atoms with Gasteiger partial charge in [0, 0.05) is 13.0 Å². The highest BCUT2D eigenvalue weighted by Crippen LogP contribution is 2.65. The minimum absolute atomic E-state index is 0.146. The van der Waals surface area contributed by atoms with Crippen molar-refractivity contribution in [2.24, 2.45) is 0 Å². The fraction of sp³-hybridized carbons (Fsp3) is 1.00. The summed E-state index contributed by atoms with van der Waals surface area (Å²) in [6.45, 7) is 6.39. The molecule has 22 heavy (non-hydrogen) atoms. The van der Waals surface area contributed by atoms with E-state index in [1.54, 1.807) is 39.5 Å². The minimum Gasteiger partial charge on any atom is -0.396 e. The maximum Gasteiger partial charge on any atom is 0.400 e. The van der Waals surface area contributed by atoms with Gasteiger partial charge in [0.2, 0.25) is 0 Å². The zero-order valence-corrected chi connectivity index (χ0v) is 15.6. The van der Waals surface area contributed by atoms with Crippen LogP contribution < -0.4 is 0 Å². The number of halogens is 2. The molecule has 0 radical (unpaired) electrons. The number of hydrogen-bond acceptors (Lipinski definition) is 5. The Morgan fingerprint density at radius 2 is 1.55 bits per heavy atom. The molecule has 0 aromatic carbocycles. The van der Waals surface area contributed by atoms with E-state index in [9.17, 15) is 13.3 Å². The summed E-state index contributed by atoms with van der Waals surface area (Å²) in [5, 5.41) is 8.64. The molecule has 0 aliphatic heterocycles. The lowest BCUT2D eigenvalue weighted by molar-refractivity contribution is 0.0126. The predicted molar refractivity (Wildman–Crippen MR) is 87.9 cm³/mol. The average molecular weight is 362 g/mol. The molecule has 134 valence electrons. The van der Waals surface area contributed by atoms with E-state index in [0.29, 0.717) is 12.8 Å². The Morgan fingerprint density at radius 1 is 1.05 bits per heavy atom. The van der Waals surface area contributed by atoms with E-state index in [1.165, 1.54) is 0 Å². The third-order valence-electron chi connectivity index (χ3n) is 2.56. The van der Waals surface area contributed by atoms with Gasteiger partial charge in [0.25, 0.3) is 0 Å². The number of hydrogen-bond donors (Lipinski definition) is 1. The molecule has 0 saturated heterocycles. The lowest BCUT2D eigenvalue weighted by atomic mass is 10.2. The van der Waals surface area contributed by atoms with Gasteiger partial charge in [-0.05, 0) is 58.5 Å². The van der Waals surface area contributed by atoms with Crippen LogP contribution in [0.3, 0.4) is 0 Å². The first-order valence-corrected chi connectivity index (χ1v) is 10.4. The Hall–Kier alpha value is 0.320. The quantitative estimate of drug-likeness (QED) is 0.373. The standard InChI is InChI=1S/C14H29F2O4PS/c1-12(2)19-21(18,20-13(3)4)14(15,16)8-5-6-10-22-11-7-9-17/h12-13,17H,5-11H2,1-4H3. The summed E-state index contributed by atoms with van der Waals surface area (Å²) in [5.41, 5.74) is -3.47. The fourth-order valence-corrected chi connectivity index (χ4v) is 4.53. The molecular weight excluding hydrogens is 333 g/mol. The van der Waals surface area contributed by atoms with Gasteiger partial charge in [-0.1, -0.05) is 0 Å². The predicted octanol–water partition coefficient (Wildman–Crippen LogP) is 4.91. The highest BCUT2D eigenvalue weighted by molar-refractivity contribution is 7.99. The first kappa shape index (κ1) is 22.3. The van der Waals surface area contributed by atoms with Crippen molar-refractivity contribution in [1.82, 2.24) is 0 Å². The summed E-state index contributed by atoms with van der Waals surface area (Å²) in [7, 11) is -4.47. The smallest absolute Gasteiger partial charge is 0.396 e. The highest BCUT2D eigenvalue weighted by atomic mass is 32.2. The van der Waals surface area contributed by atoms with Crippen molar-refractivity contribution in [3.05, 3.63) is 0 Å². The van der Waals surface area contributed by atoms with Gasteiger partial charge in [0.15, 0.2) is 0 Å². The van der Waals surface area contributed by atoms with Crippen LogP contribution in [0.5, 0.6) is 0 Å². The normalized spacial score (nSPS) is 13.3. The number of alkyl halides is 2. The maximum absolute atomic E-state index is 14.3. The Morgan fingerprint density at radius 3 is 2.00 bits per heavy atom. The van der Waals surface area contributed by atoms with Gasteiger partial charge in [0.1, 0.15) is 0 Å². The first-order chi connectivity index (χ1) is 10.1. The van der Waals surface area contributed by atoms with Crippen molar-refractivity contribution in [1.29, 1.82) is 0 Å². The Labute approximate surface area is 136 Å². The van der Waals surface area contributed by atoms with Crippen LogP contribution in [0, 0.1) is 0 Å². The van der Waals surface area contributed by atoms with Crippen LogP contribution in [-0.2, 0) is 13.6 Å². The number of rotatable bonds is 13. The molecule has 0 saturated carbocycles. The molecule has 0 spiro atoms. The largest absolute Gasteiger partial charge is 0.400 e. The van der Waals surface area contributed by atoms with Crippen LogP contribution in [0.4, 0.5) is 8.78 Å². The molecule has 0 aromatic rings. The van der Waals surface area contributed by atoms with E-state index in [-0.39, 0.29) is 13.0 Å². The van der Waals surface area contributed by atoms with E-state index in [0.717, 1.165) is 11.5 Å². The van der Waals surface area contributed by atoms with Crippen molar-refractivity contribution in [3.63, 3.8) is 0 Å². The fourth-order valence-electron chi connectivity index (χ4n) is 1.68. The Balaban J connectivity index is 4.41. The first-order valence-electron chi connectivity index (χ1n) is 7.68. The molecule has 0 unspecified atom stereocenters. The second kappa shape index (κ2) is 11.0. The SMILES string of the molecule is CC(C)OP(=O)(OC(C)C)C(F)(F)CCCCSCCCO. The summed E-state index contributed by atoms with van der Waals surface area (Å²) < 4.78 is 50.9. The number of aliphatic hydroxyl groups excluding tert-OH is 1. The molecule has 0 bridgehead atoms. The van der Waals surface area contributed by atoms with Gasteiger partial charge < -0.3 is 14.2 Å². The Bertz CT molecular complexity index is 327. The number of unbranched alkanes of at least 4 members (excludes halogenated alkanes) is 1. The summed E-state index contributed by atoms with van der Waals surface area (Å²) in [4.78, 5) is 0. The molecule has 0 heterocycles. The minimum atomic E-state index is -4.47. The average Bonchev–Trinajstić information content (AvgIpc) is 2.35. The van der Waals surface area contributed by atoms with E-state index in [2.05, 4.69) is 0 Å². The van der Waals surface area contributed by atoms with Gasteiger partial charge in [-0.15, -0.1) is 0 Å². The second-order valence-electron chi connectivity index (χ2n) is 5.62. The van der Waals surface area contributed by atoms with Crippen LogP contribution in [-0.4, -0.2) is 41.1 Å². The summed E-state index contributed by atoms with van der Waals surface area (Å²) in [5.74, 6) is 1.56. The zero-order valence-electron chi connectivity index (χ0n) is 13.9. The van der Waals surface area contributed by atoms with Crippen LogP contribution in [0.2, 0.25) is 0 Å². The van der Waals surface area contributed by atoms with E-state index < -0.39 is 31.9 Å². The van der Waals surface area contributed by atoms with Gasteiger partial charge >= 0.3 is 13.3 Å². The topological polar surface area (TPSA) is 55.8 Å². The number of aliphatic hydroxyl groups is 1. The van der Waals surface area contributed by atoms with Crippen LogP contribution in [0.15, 0.2) is 0 Å². The zero-order chi connectivity index (χ0) is 17.2. The van der Waals surface area contributed by atoms with Crippen LogP contribution in [0.1, 0.15) is 53.4 Å². The van der Waals surface area contributed by atoms with E-state index >= 15 is 0 Å². The van der Waals surface area contributed by atoms with Crippen molar-refractivity contribution in [2.75, 3.05) is 18.1 Å². The second-order valence-corrected chi connectivity index (χ2v) is 8.91. The van der Waals surface area contributed by atoms with Gasteiger partial charge in [0.05, 0.1) is 12.2 Å². The van der Waals surface area contributed by atoms with Crippen LogP contribution in [0.25, 0.3) is 0 Å². The molecule has 0 atom stereocenters. The van der Waals surface area contributed by atoms with Crippen molar-refractivity contribution in [3.8, 4) is 0 Å². The molecule has 1 N–H and O–H groups in total.